The zero-order chi connectivity index (χ0) is 16.4. The topological polar surface area (TPSA) is 58.1 Å². The SMILES string of the molecule is CN(C)c1nccc(CNC(=O)C2(c3ccc(F)cc3)CC2)n1. The van der Waals surface area contributed by atoms with Gasteiger partial charge in [-0.25, -0.2) is 14.4 Å². The molecule has 120 valence electrons. The highest BCUT2D eigenvalue weighted by Gasteiger charge is 2.51. The zero-order valence-electron chi connectivity index (χ0n) is 13.2. The van der Waals surface area contributed by atoms with Crippen molar-refractivity contribution in [2.75, 3.05) is 19.0 Å². The number of amides is 1. The van der Waals surface area contributed by atoms with Crippen molar-refractivity contribution in [1.29, 1.82) is 0 Å². The van der Waals surface area contributed by atoms with E-state index in [0.717, 1.165) is 24.1 Å². The van der Waals surface area contributed by atoms with Crippen LogP contribution >= 0.6 is 0 Å². The number of hydrogen-bond donors (Lipinski definition) is 1. The minimum atomic E-state index is -0.509. The predicted octanol–water partition coefficient (Wildman–Crippen LogP) is 2.03. The number of benzene rings is 1. The fraction of sp³-hybridized carbons (Fsp3) is 0.353. The highest BCUT2D eigenvalue weighted by atomic mass is 19.1. The van der Waals surface area contributed by atoms with Gasteiger partial charge in [-0.15, -0.1) is 0 Å². The number of carbonyl (C=O) groups is 1. The van der Waals surface area contributed by atoms with Crippen LogP contribution in [0, 0.1) is 5.82 Å². The highest BCUT2D eigenvalue weighted by Crippen LogP contribution is 2.48. The van der Waals surface area contributed by atoms with Gasteiger partial charge in [0, 0.05) is 20.3 Å². The lowest BCUT2D eigenvalue weighted by Crippen LogP contribution is -2.34. The van der Waals surface area contributed by atoms with Crippen molar-refractivity contribution in [3.05, 3.63) is 53.6 Å². The van der Waals surface area contributed by atoms with E-state index in [1.807, 2.05) is 19.0 Å². The molecule has 0 aliphatic heterocycles. The molecule has 1 aliphatic carbocycles. The molecule has 0 saturated heterocycles. The molecule has 23 heavy (non-hydrogen) atoms. The van der Waals surface area contributed by atoms with E-state index in [4.69, 9.17) is 0 Å². The van der Waals surface area contributed by atoms with Gasteiger partial charge in [0.15, 0.2) is 0 Å². The van der Waals surface area contributed by atoms with Gasteiger partial charge in [0.2, 0.25) is 11.9 Å². The Labute approximate surface area is 134 Å². The summed E-state index contributed by atoms with van der Waals surface area (Å²) in [5.41, 5.74) is 1.12. The molecule has 1 aromatic carbocycles. The first kappa shape index (κ1) is 15.4. The number of anilines is 1. The van der Waals surface area contributed by atoms with Gasteiger partial charge in [0.25, 0.3) is 0 Å². The van der Waals surface area contributed by atoms with Crippen LogP contribution < -0.4 is 10.2 Å². The van der Waals surface area contributed by atoms with Gasteiger partial charge in [-0.2, -0.15) is 0 Å². The van der Waals surface area contributed by atoms with Crippen LogP contribution in [0.1, 0.15) is 24.1 Å². The Bertz CT molecular complexity index is 711. The van der Waals surface area contributed by atoms with Gasteiger partial charge in [-0.05, 0) is 36.6 Å². The molecule has 1 aromatic heterocycles. The Kier molecular flexibility index (Phi) is 3.98. The molecule has 1 heterocycles. The van der Waals surface area contributed by atoms with Crippen LogP contribution in [0.2, 0.25) is 0 Å². The van der Waals surface area contributed by atoms with Crippen LogP contribution in [0.5, 0.6) is 0 Å². The average molecular weight is 314 g/mol. The minimum Gasteiger partial charge on any atom is -0.350 e. The maximum Gasteiger partial charge on any atom is 0.230 e. The Morgan fingerprint density at radius 1 is 1.26 bits per heavy atom. The molecule has 0 atom stereocenters. The van der Waals surface area contributed by atoms with Crippen LogP contribution in [0.15, 0.2) is 36.5 Å². The van der Waals surface area contributed by atoms with Crippen molar-refractivity contribution >= 4 is 11.9 Å². The number of nitrogens with zero attached hydrogens (tertiary/aromatic N) is 3. The van der Waals surface area contributed by atoms with Gasteiger partial charge in [0.05, 0.1) is 17.7 Å². The first-order chi connectivity index (χ1) is 11.0. The van der Waals surface area contributed by atoms with Crippen LogP contribution in [0.4, 0.5) is 10.3 Å². The Morgan fingerprint density at radius 3 is 2.57 bits per heavy atom. The van der Waals surface area contributed by atoms with E-state index < -0.39 is 5.41 Å². The largest absolute Gasteiger partial charge is 0.350 e. The summed E-state index contributed by atoms with van der Waals surface area (Å²) in [4.78, 5) is 22.9. The van der Waals surface area contributed by atoms with E-state index in [0.29, 0.717) is 12.5 Å². The fourth-order valence-corrected chi connectivity index (χ4v) is 2.58. The third-order valence-electron chi connectivity index (χ3n) is 4.11. The normalized spacial score (nSPS) is 15.1. The quantitative estimate of drug-likeness (QED) is 0.917. The first-order valence-corrected chi connectivity index (χ1v) is 7.55. The molecule has 1 amide bonds. The summed E-state index contributed by atoms with van der Waals surface area (Å²) >= 11 is 0. The van der Waals surface area contributed by atoms with E-state index in [9.17, 15) is 9.18 Å². The summed E-state index contributed by atoms with van der Waals surface area (Å²) in [6, 6.07) is 7.96. The third-order valence-corrected chi connectivity index (χ3v) is 4.11. The highest BCUT2D eigenvalue weighted by molar-refractivity contribution is 5.91. The smallest absolute Gasteiger partial charge is 0.230 e. The van der Waals surface area contributed by atoms with Crippen LogP contribution in [0.3, 0.4) is 0 Å². The summed E-state index contributed by atoms with van der Waals surface area (Å²) in [6.45, 7) is 0.352. The number of carbonyl (C=O) groups excluding carboxylic acids is 1. The lowest BCUT2D eigenvalue weighted by molar-refractivity contribution is -0.123. The Morgan fingerprint density at radius 2 is 1.96 bits per heavy atom. The van der Waals surface area contributed by atoms with E-state index >= 15 is 0 Å². The summed E-state index contributed by atoms with van der Waals surface area (Å²) in [6.07, 6.45) is 3.26. The van der Waals surface area contributed by atoms with Crippen molar-refractivity contribution in [1.82, 2.24) is 15.3 Å². The number of hydrogen-bond acceptors (Lipinski definition) is 4. The van der Waals surface area contributed by atoms with Crippen molar-refractivity contribution < 1.29 is 9.18 Å². The molecule has 5 nitrogen and oxygen atoms in total. The van der Waals surface area contributed by atoms with E-state index in [-0.39, 0.29) is 11.7 Å². The molecule has 1 fully saturated rings. The molecule has 2 aromatic rings. The summed E-state index contributed by atoms with van der Waals surface area (Å²) in [7, 11) is 3.73. The summed E-state index contributed by atoms with van der Waals surface area (Å²) in [5.74, 6) is 0.285. The Balaban J connectivity index is 1.68. The fourth-order valence-electron chi connectivity index (χ4n) is 2.58. The lowest BCUT2D eigenvalue weighted by atomic mass is 9.95. The molecule has 1 N–H and O–H groups in total. The number of nitrogens with one attached hydrogen (secondary N) is 1. The van der Waals surface area contributed by atoms with Gasteiger partial charge >= 0.3 is 0 Å². The lowest BCUT2D eigenvalue weighted by Gasteiger charge is -2.16. The number of rotatable bonds is 5. The number of aromatic nitrogens is 2. The standard InChI is InChI=1S/C17H19FN4O/c1-22(2)16-19-10-7-14(21-16)11-20-15(23)17(8-9-17)12-3-5-13(18)6-4-12/h3-7,10H,8-9,11H2,1-2H3,(H,20,23). The summed E-state index contributed by atoms with van der Waals surface area (Å²) in [5, 5.41) is 2.94. The molecule has 1 saturated carbocycles. The molecule has 0 bridgehead atoms. The van der Waals surface area contributed by atoms with Crippen LogP contribution in [-0.4, -0.2) is 30.0 Å². The average Bonchev–Trinajstić information content (AvgIpc) is 3.35. The van der Waals surface area contributed by atoms with Gasteiger partial charge in [-0.3, -0.25) is 4.79 Å². The van der Waals surface area contributed by atoms with Crippen molar-refractivity contribution in [3.8, 4) is 0 Å². The molecule has 0 unspecified atom stereocenters. The van der Waals surface area contributed by atoms with E-state index in [1.54, 1.807) is 24.4 Å². The molecular formula is C17H19FN4O. The van der Waals surface area contributed by atoms with Gasteiger partial charge in [0.1, 0.15) is 5.82 Å². The molecule has 0 radical (unpaired) electrons. The van der Waals surface area contributed by atoms with E-state index in [2.05, 4.69) is 15.3 Å². The number of halogens is 1. The first-order valence-electron chi connectivity index (χ1n) is 7.55. The molecular weight excluding hydrogens is 295 g/mol. The third kappa shape index (κ3) is 3.16. The van der Waals surface area contributed by atoms with E-state index in [1.165, 1.54) is 12.1 Å². The maximum atomic E-state index is 13.1. The second-order valence-corrected chi connectivity index (χ2v) is 6.01. The van der Waals surface area contributed by atoms with Crippen LogP contribution in [-0.2, 0) is 16.8 Å². The van der Waals surface area contributed by atoms with Gasteiger partial charge < -0.3 is 10.2 Å². The predicted molar refractivity (Wildman–Crippen MR) is 85.5 cm³/mol. The molecule has 1 aliphatic rings. The van der Waals surface area contributed by atoms with Gasteiger partial charge in [-0.1, -0.05) is 12.1 Å². The zero-order valence-corrected chi connectivity index (χ0v) is 13.2. The van der Waals surface area contributed by atoms with Crippen molar-refractivity contribution in [3.63, 3.8) is 0 Å². The van der Waals surface area contributed by atoms with Crippen molar-refractivity contribution in [2.24, 2.45) is 0 Å². The molecule has 3 rings (SSSR count). The summed E-state index contributed by atoms with van der Waals surface area (Å²) < 4.78 is 13.1. The minimum absolute atomic E-state index is 0.0332. The maximum absolute atomic E-state index is 13.1. The van der Waals surface area contributed by atoms with Crippen LogP contribution in [0.25, 0.3) is 0 Å². The van der Waals surface area contributed by atoms with Crippen molar-refractivity contribution in [2.45, 2.75) is 24.8 Å². The second kappa shape index (κ2) is 5.95. The second-order valence-electron chi connectivity index (χ2n) is 6.01. The Hall–Kier alpha value is -2.50. The molecule has 6 heteroatoms. The molecule has 0 spiro atoms. The monoisotopic (exact) mass is 314 g/mol.